The molecule has 0 bridgehead atoms. The van der Waals surface area contributed by atoms with Crippen molar-refractivity contribution in [2.75, 3.05) is 11.9 Å². The van der Waals surface area contributed by atoms with Crippen LogP contribution < -0.4 is 16.6 Å². The van der Waals surface area contributed by atoms with Crippen molar-refractivity contribution in [3.05, 3.63) is 75.3 Å². The molecule has 2 aromatic heterocycles. The SMILES string of the molecule is Cc1c(-c2ccncc2)nc(NC[C@@H](N)Cc2cccc(Cl)c2)n(C)c1=O. The lowest BCUT2D eigenvalue weighted by Gasteiger charge is -2.17. The number of halogens is 1. The van der Waals surface area contributed by atoms with E-state index in [9.17, 15) is 4.79 Å². The fourth-order valence-electron chi connectivity index (χ4n) is 2.92. The van der Waals surface area contributed by atoms with Gasteiger partial charge in [-0.3, -0.25) is 14.3 Å². The third-order valence-electron chi connectivity index (χ3n) is 4.38. The van der Waals surface area contributed by atoms with Crippen LogP contribution in [0.4, 0.5) is 5.95 Å². The molecule has 0 saturated carbocycles. The van der Waals surface area contributed by atoms with Gasteiger partial charge in [-0.15, -0.1) is 0 Å². The molecule has 140 valence electrons. The Morgan fingerprint density at radius 1 is 1.26 bits per heavy atom. The fourth-order valence-corrected chi connectivity index (χ4v) is 3.14. The number of rotatable bonds is 6. The van der Waals surface area contributed by atoms with E-state index in [1.807, 2.05) is 36.4 Å². The summed E-state index contributed by atoms with van der Waals surface area (Å²) >= 11 is 6.02. The van der Waals surface area contributed by atoms with Crippen LogP contribution >= 0.6 is 11.6 Å². The molecule has 6 nitrogen and oxygen atoms in total. The molecule has 1 atom stereocenters. The van der Waals surface area contributed by atoms with Crippen molar-refractivity contribution in [2.45, 2.75) is 19.4 Å². The summed E-state index contributed by atoms with van der Waals surface area (Å²) in [5.41, 5.74) is 9.31. The molecule has 0 amide bonds. The minimum Gasteiger partial charge on any atom is -0.354 e. The van der Waals surface area contributed by atoms with Gasteiger partial charge in [-0.2, -0.15) is 0 Å². The van der Waals surface area contributed by atoms with E-state index in [-0.39, 0.29) is 11.6 Å². The first-order chi connectivity index (χ1) is 13.0. The first-order valence-electron chi connectivity index (χ1n) is 8.67. The Hall–Kier alpha value is -2.70. The van der Waals surface area contributed by atoms with Crippen LogP contribution in [0.25, 0.3) is 11.3 Å². The maximum absolute atomic E-state index is 12.6. The van der Waals surface area contributed by atoms with Gasteiger partial charge >= 0.3 is 0 Å². The number of nitrogens with one attached hydrogen (secondary N) is 1. The van der Waals surface area contributed by atoms with Gasteiger partial charge in [0.2, 0.25) is 5.95 Å². The average Bonchev–Trinajstić information content (AvgIpc) is 2.66. The maximum Gasteiger partial charge on any atom is 0.258 e. The van der Waals surface area contributed by atoms with Crippen LogP contribution in [-0.4, -0.2) is 27.1 Å². The van der Waals surface area contributed by atoms with E-state index in [2.05, 4.69) is 15.3 Å². The number of pyridine rings is 1. The third kappa shape index (κ3) is 4.53. The summed E-state index contributed by atoms with van der Waals surface area (Å²) in [6.07, 6.45) is 4.04. The molecule has 3 aromatic rings. The van der Waals surface area contributed by atoms with Crippen molar-refractivity contribution in [3.63, 3.8) is 0 Å². The smallest absolute Gasteiger partial charge is 0.258 e. The first kappa shape index (κ1) is 19.1. The number of nitrogens with zero attached hydrogens (tertiary/aromatic N) is 3. The standard InChI is InChI=1S/C20H22ClN5O/c1-13-18(15-6-8-23-9-7-15)25-20(26(2)19(13)27)24-12-17(22)11-14-4-3-5-16(21)10-14/h3-10,17H,11-12,22H2,1-2H3,(H,24,25)/t17-/m0/s1. The molecular weight excluding hydrogens is 362 g/mol. The van der Waals surface area contributed by atoms with Crippen LogP contribution in [0.1, 0.15) is 11.1 Å². The molecule has 0 saturated heterocycles. The largest absolute Gasteiger partial charge is 0.354 e. The van der Waals surface area contributed by atoms with Crippen LogP contribution in [0.3, 0.4) is 0 Å². The Balaban J connectivity index is 1.78. The van der Waals surface area contributed by atoms with Crippen molar-refractivity contribution in [3.8, 4) is 11.3 Å². The van der Waals surface area contributed by atoms with Gasteiger partial charge in [0, 0.05) is 48.2 Å². The van der Waals surface area contributed by atoms with Gasteiger partial charge in [-0.25, -0.2) is 4.98 Å². The van der Waals surface area contributed by atoms with Crippen LogP contribution in [0.5, 0.6) is 0 Å². The molecule has 0 aliphatic carbocycles. The van der Waals surface area contributed by atoms with E-state index in [1.165, 1.54) is 4.57 Å². The van der Waals surface area contributed by atoms with Crippen LogP contribution in [-0.2, 0) is 13.5 Å². The number of aromatic nitrogens is 3. The number of benzene rings is 1. The van der Waals surface area contributed by atoms with E-state index in [0.717, 1.165) is 11.1 Å². The average molecular weight is 384 g/mol. The summed E-state index contributed by atoms with van der Waals surface area (Å²) in [5, 5.41) is 3.90. The van der Waals surface area contributed by atoms with Gasteiger partial charge in [0.1, 0.15) is 0 Å². The summed E-state index contributed by atoms with van der Waals surface area (Å²) < 4.78 is 1.51. The Bertz CT molecular complexity index is 987. The topological polar surface area (TPSA) is 85.8 Å². The lowest BCUT2D eigenvalue weighted by atomic mass is 10.1. The lowest BCUT2D eigenvalue weighted by Crippen LogP contribution is -2.34. The highest BCUT2D eigenvalue weighted by molar-refractivity contribution is 6.30. The highest BCUT2D eigenvalue weighted by Gasteiger charge is 2.14. The highest BCUT2D eigenvalue weighted by atomic mass is 35.5. The van der Waals surface area contributed by atoms with E-state index in [1.54, 1.807) is 26.4 Å². The van der Waals surface area contributed by atoms with Crippen molar-refractivity contribution in [2.24, 2.45) is 12.8 Å². The predicted molar refractivity (Wildman–Crippen MR) is 109 cm³/mol. The molecule has 0 fully saturated rings. The van der Waals surface area contributed by atoms with Gasteiger partial charge < -0.3 is 11.1 Å². The van der Waals surface area contributed by atoms with Gasteiger partial charge in [0.15, 0.2) is 0 Å². The molecule has 0 aliphatic heterocycles. The number of nitrogens with two attached hydrogens (primary N) is 1. The summed E-state index contributed by atoms with van der Waals surface area (Å²) in [7, 11) is 1.70. The normalized spacial score (nSPS) is 12.0. The van der Waals surface area contributed by atoms with E-state index in [4.69, 9.17) is 17.3 Å². The number of hydrogen-bond acceptors (Lipinski definition) is 5. The summed E-state index contributed by atoms with van der Waals surface area (Å²) in [4.78, 5) is 21.2. The fraction of sp³-hybridized carbons (Fsp3) is 0.250. The van der Waals surface area contributed by atoms with Crippen molar-refractivity contribution >= 4 is 17.5 Å². The molecule has 1 aromatic carbocycles. The van der Waals surface area contributed by atoms with Crippen LogP contribution in [0, 0.1) is 6.92 Å². The van der Waals surface area contributed by atoms with E-state index < -0.39 is 0 Å². The molecule has 2 heterocycles. The third-order valence-corrected chi connectivity index (χ3v) is 4.61. The van der Waals surface area contributed by atoms with Crippen LogP contribution in [0.15, 0.2) is 53.6 Å². The molecule has 3 rings (SSSR count). The molecule has 0 unspecified atom stereocenters. The molecule has 0 radical (unpaired) electrons. The molecule has 3 N–H and O–H groups in total. The van der Waals surface area contributed by atoms with E-state index >= 15 is 0 Å². The van der Waals surface area contributed by atoms with Gasteiger partial charge in [0.25, 0.3) is 5.56 Å². The second kappa shape index (κ2) is 8.33. The molecule has 0 spiro atoms. The quantitative estimate of drug-likeness (QED) is 0.683. The Labute approximate surface area is 163 Å². The molecule has 27 heavy (non-hydrogen) atoms. The summed E-state index contributed by atoms with van der Waals surface area (Å²) in [5.74, 6) is 0.485. The van der Waals surface area contributed by atoms with Crippen LogP contribution in [0.2, 0.25) is 5.02 Å². The second-order valence-corrected chi connectivity index (χ2v) is 6.92. The minimum atomic E-state index is -0.147. The molecular formula is C20H22ClN5O. The predicted octanol–water partition coefficient (Wildman–Crippen LogP) is 2.79. The number of hydrogen-bond donors (Lipinski definition) is 2. The first-order valence-corrected chi connectivity index (χ1v) is 9.05. The molecule has 7 heteroatoms. The Morgan fingerprint density at radius 2 is 2.00 bits per heavy atom. The monoisotopic (exact) mass is 383 g/mol. The van der Waals surface area contributed by atoms with E-state index in [0.29, 0.717) is 35.2 Å². The van der Waals surface area contributed by atoms with Crippen molar-refractivity contribution in [1.82, 2.24) is 14.5 Å². The zero-order chi connectivity index (χ0) is 19.4. The Morgan fingerprint density at radius 3 is 2.70 bits per heavy atom. The maximum atomic E-state index is 12.6. The van der Waals surface area contributed by atoms with Crippen molar-refractivity contribution < 1.29 is 0 Å². The van der Waals surface area contributed by atoms with Gasteiger partial charge in [0.05, 0.1) is 5.69 Å². The summed E-state index contributed by atoms with van der Waals surface area (Å²) in [6, 6.07) is 11.2. The van der Waals surface area contributed by atoms with Gasteiger partial charge in [-0.1, -0.05) is 23.7 Å². The highest BCUT2D eigenvalue weighted by Crippen LogP contribution is 2.19. The Kier molecular flexibility index (Phi) is 5.88. The number of anilines is 1. The molecule has 0 aliphatic rings. The zero-order valence-corrected chi connectivity index (χ0v) is 16.1. The second-order valence-electron chi connectivity index (χ2n) is 6.48. The zero-order valence-electron chi connectivity index (χ0n) is 15.3. The minimum absolute atomic E-state index is 0.0947. The lowest BCUT2D eigenvalue weighted by molar-refractivity contribution is 0.687. The van der Waals surface area contributed by atoms with Gasteiger partial charge in [-0.05, 0) is 43.2 Å². The summed E-state index contributed by atoms with van der Waals surface area (Å²) in [6.45, 7) is 2.26. The van der Waals surface area contributed by atoms with Crippen molar-refractivity contribution in [1.29, 1.82) is 0 Å².